The molecule has 0 bridgehead atoms. The molecule has 0 rings (SSSR count). The summed E-state index contributed by atoms with van der Waals surface area (Å²) in [7, 11) is 0. The average Bonchev–Trinajstić information content (AvgIpc) is 2.05. The maximum atomic E-state index is 8.42. The number of unbranched alkanes of at least 4 members (excludes halogenated alkanes) is 2. The average molecular weight is 149 g/mol. The van der Waals surface area contributed by atoms with Crippen molar-refractivity contribution in [2.24, 2.45) is 5.92 Å². The lowest BCUT2D eigenvalue weighted by Crippen LogP contribution is -1.96. The quantitative estimate of drug-likeness (QED) is 0.478. The summed E-state index contributed by atoms with van der Waals surface area (Å²) in [6.07, 6.45) is 4.12. The van der Waals surface area contributed by atoms with Crippen molar-refractivity contribution in [2.75, 3.05) is 0 Å². The number of nitriles is 2. The highest BCUT2D eigenvalue weighted by atomic mass is 14.4. The molecule has 11 heavy (non-hydrogen) atoms. The Hall–Kier alpha value is -1.35. The van der Waals surface area contributed by atoms with E-state index >= 15 is 0 Å². The van der Waals surface area contributed by atoms with Gasteiger partial charge in [0.25, 0.3) is 0 Å². The Morgan fingerprint density at radius 1 is 1.36 bits per heavy atom. The van der Waals surface area contributed by atoms with Crippen LogP contribution in [0.5, 0.6) is 0 Å². The molecule has 0 fully saturated rings. The molecule has 0 saturated heterocycles. The molecule has 0 spiro atoms. The van der Waals surface area contributed by atoms with Crippen molar-refractivity contribution in [1.29, 1.82) is 15.9 Å². The fourth-order valence-corrected chi connectivity index (χ4v) is 0.753. The normalized spacial score (nSPS) is 11.1. The van der Waals surface area contributed by atoms with Crippen LogP contribution in [0.3, 0.4) is 0 Å². The first-order chi connectivity index (χ1) is 5.35. The standard InChI is InChI=1S/C8H11N3/c9-5-3-1-2-4-8(6-10)7-11/h6,8,10H,1-4H2. The smallest absolute Gasteiger partial charge is 0.0808 e. The molecule has 3 heteroatoms. The van der Waals surface area contributed by atoms with E-state index < -0.39 is 0 Å². The van der Waals surface area contributed by atoms with Gasteiger partial charge in [0.05, 0.1) is 18.1 Å². The summed E-state index contributed by atoms with van der Waals surface area (Å²) < 4.78 is 0. The summed E-state index contributed by atoms with van der Waals surface area (Å²) in [4.78, 5) is 0. The molecule has 0 saturated carbocycles. The van der Waals surface area contributed by atoms with E-state index in [1.165, 1.54) is 0 Å². The maximum Gasteiger partial charge on any atom is 0.0808 e. The van der Waals surface area contributed by atoms with Crippen LogP contribution in [0.1, 0.15) is 25.7 Å². The number of rotatable bonds is 5. The van der Waals surface area contributed by atoms with E-state index in [2.05, 4.69) is 0 Å². The molecular formula is C8H11N3. The van der Waals surface area contributed by atoms with E-state index in [9.17, 15) is 0 Å². The molecule has 0 aliphatic rings. The molecule has 0 aliphatic carbocycles. The van der Waals surface area contributed by atoms with Crippen LogP contribution in [0.25, 0.3) is 0 Å². The van der Waals surface area contributed by atoms with E-state index in [4.69, 9.17) is 15.9 Å². The second-order valence-corrected chi connectivity index (χ2v) is 2.31. The maximum absolute atomic E-state index is 8.42. The van der Waals surface area contributed by atoms with E-state index in [1.807, 2.05) is 12.1 Å². The Morgan fingerprint density at radius 3 is 2.55 bits per heavy atom. The van der Waals surface area contributed by atoms with Crippen LogP contribution in [0.2, 0.25) is 0 Å². The van der Waals surface area contributed by atoms with Gasteiger partial charge in [-0.05, 0) is 12.8 Å². The van der Waals surface area contributed by atoms with Crippen LogP contribution >= 0.6 is 0 Å². The van der Waals surface area contributed by atoms with Gasteiger partial charge in [-0.1, -0.05) is 6.42 Å². The van der Waals surface area contributed by atoms with Crippen LogP contribution in [0.15, 0.2) is 0 Å². The van der Waals surface area contributed by atoms with E-state index in [0.29, 0.717) is 12.8 Å². The van der Waals surface area contributed by atoms with Crippen molar-refractivity contribution in [3.8, 4) is 12.1 Å². The lowest BCUT2D eigenvalue weighted by molar-refractivity contribution is 0.657. The third-order valence-electron chi connectivity index (χ3n) is 1.42. The molecule has 0 heterocycles. The van der Waals surface area contributed by atoms with E-state index in [0.717, 1.165) is 19.1 Å². The van der Waals surface area contributed by atoms with Crippen molar-refractivity contribution in [3.63, 3.8) is 0 Å². The van der Waals surface area contributed by atoms with Gasteiger partial charge in [-0.25, -0.2) is 0 Å². The van der Waals surface area contributed by atoms with Gasteiger partial charge in [-0.15, -0.1) is 0 Å². The van der Waals surface area contributed by atoms with E-state index in [-0.39, 0.29) is 5.92 Å². The zero-order valence-electron chi connectivity index (χ0n) is 6.38. The fourth-order valence-electron chi connectivity index (χ4n) is 0.753. The molecule has 1 unspecified atom stereocenters. The molecule has 0 aromatic carbocycles. The van der Waals surface area contributed by atoms with Gasteiger partial charge < -0.3 is 5.41 Å². The summed E-state index contributed by atoms with van der Waals surface area (Å²) in [5, 5.41) is 23.4. The van der Waals surface area contributed by atoms with Crippen molar-refractivity contribution in [3.05, 3.63) is 0 Å². The summed E-state index contributed by atoms with van der Waals surface area (Å²) in [6.45, 7) is 0. The summed E-state index contributed by atoms with van der Waals surface area (Å²) in [5.41, 5.74) is 0. The largest absolute Gasteiger partial charge is 0.312 e. The topological polar surface area (TPSA) is 71.4 Å². The van der Waals surface area contributed by atoms with Gasteiger partial charge in [-0.2, -0.15) is 10.5 Å². The van der Waals surface area contributed by atoms with Crippen LogP contribution in [-0.2, 0) is 0 Å². The lowest BCUT2D eigenvalue weighted by atomic mass is 10.0. The highest BCUT2D eigenvalue weighted by molar-refractivity contribution is 5.60. The number of hydrogen-bond acceptors (Lipinski definition) is 3. The van der Waals surface area contributed by atoms with Gasteiger partial charge >= 0.3 is 0 Å². The summed E-state index contributed by atoms with van der Waals surface area (Å²) >= 11 is 0. The number of nitrogens with one attached hydrogen (secondary N) is 1. The molecule has 58 valence electrons. The van der Waals surface area contributed by atoms with Crippen LogP contribution in [0.4, 0.5) is 0 Å². The van der Waals surface area contributed by atoms with Crippen molar-refractivity contribution < 1.29 is 0 Å². The molecule has 3 nitrogen and oxygen atoms in total. The van der Waals surface area contributed by atoms with Gasteiger partial charge in [0.1, 0.15) is 0 Å². The molecule has 1 atom stereocenters. The highest BCUT2D eigenvalue weighted by Gasteiger charge is 2.01. The van der Waals surface area contributed by atoms with Gasteiger partial charge in [0.15, 0.2) is 0 Å². The first kappa shape index (κ1) is 9.65. The molecule has 0 aliphatic heterocycles. The SMILES string of the molecule is N#CCCCCC(C#N)C=N. The molecular weight excluding hydrogens is 138 g/mol. The Bertz CT molecular complexity index is 184. The molecule has 0 amide bonds. The first-order valence-electron chi connectivity index (χ1n) is 3.62. The highest BCUT2D eigenvalue weighted by Crippen LogP contribution is 2.06. The van der Waals surface area contributed by atoms with Gasteiger partial charge in [0.2, 0.25) is 0 Å². The minimum absolute atomic E-state index is 0.256. The minimum Gasteiger partial charge on any atom is -0.312 e. The molecule has 0 aromatic heterocycles. The summed E-state index contributed by atoms with van der Waals surface area (Å²) in [6, 6.07) is 4.04. The van der Waals surface area contributed by atoms with Gasteiger partial charge in [-0.3, -0.25) is 0 Å². The van der Waals surface area contributed by atoms with Crippen molar-refractivity contribution >= 4 is 6.21 Å². The Morgan fingerprint density at radius 2 is 2.09 bits per heavy atom. The first-order valence-corrected chi connectivity index (χ1v) is 3.62. The second-order valence-electron chi connectivity index (χ2n) is 2.31. The molecule has 0 aromatic rings. The van der Waals surface area contributed by atoms with E-state index in [1.54, 1.807) is 0 Å². The molecule has 1 N–H and O–H groups in total. The van der Waals surface area contributed by atoms with Crippen LogP contribution in [-0.4, -0.2) is 6.21 Å². The minimum atomic E-state index is -0.256. The molecule has 0 radical (unpaired) electrons. The zero-order chi connectivity index (χ0) is 8.53. The van der Waals surface area contributed by atoms with Crippen LogP contribution < -0.4 is 0 Å². The lowest BCUT2D eigenvalue weighted by Gasteiger charge is -1.98. The van der Waals surface area contributed by atoms with Crippen LogP contribution in [0, 0.1) is 34.0 Å². The fraction of sp³-hybridized carbons (Fsp3) is 0.625. The number of hydrogen-bond donors (Lipinski definition) is 1. The predicted molar refractivity (Wildman–Crippen MR) is 42.0 cm³/mol. The Balaban J connectivity index is 3.32. The summed E-state index contributed by atoms with van der Waals surface area (Å²) in [5.74, 6) is -0.256. The third kappa shape index (κ3) is 5.11. The number of nitrogens with zero attached hydrogens (tertiary/aromatic N) is 2. The third-order valence-corrected chi connectivity index (χ3v) is 1.42. The van der Waals surface area contributed by atoms with Gasteiger partial charge in [0, 0.05) is 12.6 Å². The predicted octanol–water partition coefficient (Wildman–Crippen LogP) is 1.86. The Kier molecular flexibility index (Phi) is 5.94. The monoisotopic (exact) mass is 149 g/mol. The second kappa shape index (κ2) is 6.77. The van der Waals surface area contributed by atoms with Crippen molar-refractivity contribution in [2.45, 2.75) is 25.7 Å². The zero-order valence-corrected chi connectivity index (χ0v) is 6.38. The Labute approximate surface area is 66.8 Å². The van der Waals surface area contributed by atoms with Crippen molar-refractivity contribution in [1.82, 2.24) is 0 Å².